The molecule has 1 saturated heterocycles. The van der Waals surface area contributed by atoms with Gasteiger partial charge in [-0.2, -0.15) is 0 Å². The smallest absolute Gasteiger partial charge is 0.267 e. The van der Waals surface area contributed by atoms with E-state index in [1.165, 1.54) is 6.20 Å². The van der Waals surface area contributed by atoms with E-state index in [-0.39, 0.29) is 12.0 Å². The van der Waals surface area contributed by atoms with E-state index in [2.05, 4.69) is 14.6 Å². The lowest BCUT2D eigenvalue weighted by Crippen LogP contribution is -2.56. The van der Waals surface area contributed by atoms with Crippen LogP contribution < -0.4 is 4.74 Å². The fourth-order valence-electron chi connectivity index (χ4n) is 1.85. The second-order valence-electron chi connectivity index (χ2n) is 4.45. The van der Waals surface area contributed by atoms with Crippen LogP contribution in [0.15, 0.2) is 18.3 Å². The second-order valence-corrected chi connectivity index (χ2v) is 5.64. The number of carbonyl (C=O) groups is 1. The number of ether oxygens (including phenoxy) is 1. The van der Waals surface area contributed by atoms with Gasteiger partial charge in [0.1, 0.15) is 11.0 Å². The van der Waals surface area contributed by atoms with Crippen LogP contribution in [-0.4, -0.2) is 44.6 Å². The normalized spacial score (nSPS) is 15.0. The molecule has 0 spiro atoms. The zero-order chi connectivity index (χ0) is 14.1. The van der Waals surface area contributed by atoms with Gasteiger partial charge < -0.3 is 9.64 Å². The summed E-state index contributed by atoms with van der Waals surface area (Å²) in [4.78, 5) is 18.5. The van der Waals surface area contributed by atoms with Crippen LogP contribution >= 0.6 is 23.1 Å². The predicted octanol–water partition coefficient (Wildman–Crippen LogP) is 1.80. The Kier molecular flexibility index (Phi) is 3.54. The van der Waals surface area contributed by atoms with Crippen molar-refractivity contribution in [3.8, 4) is 5.88 Å². The number of halogens is 1. The molecule has 1 fully saturated rings. The molecule has 104 valence electrons. The van der Waals surface area contributed by atoms with Crippen LogP contribution in [0, 0.1) is 6.92 Å². The van der Waals surface area contributed by atoms with Gasteiger partial charge in [0.2, 0.25) is 5.88 Å². The molecule has 3 rings (SSSR count). The minimum Gasteiger partial charge on any atom is -0.471 e. The van der Waals surface area contributed by atoms with Gasteiger partial charge in [0.15, 0.2) is 0 Å². The first-order chi connectivity index (χ1) is 9.63. The molecule has 3 heterocycles. The van der Waals surface area contributed by atoms with Gasteiger partial charge in [-0.05, 0) is 24.5 Å². The van der Waals surface area contributed by atoms with Gasteiger partial charge in [-0.1, -0.05) is 16.1 Å². The molecule has 0 bridgehead atoms. The van der Waals surface area contributed by atoms with Gasteiger partial charge in [-0.15, -0.1) is 5.10 Å². The van der Waals surface area contributed by atoms with Crippen LogP contribution in [0.1, 0.15) is 15.4 Å². The predicted molar refractivity (Wildman–Crippen MR) is 74.2 cm³/mol. The molecule has 1 aliphatic rings. The Labute approximate surface area is 124 Å². The molecule has 0 aromatic carbocycles. The molecule has 1 amide bonds. The van der Waals surface area contributed by atoms with E-state index in [4.69, 9.17) is 16.3 Å². The number of pyridine rings is 1. The summed E-state index contributed by atoms with van der Waals surface area (Å²) in [5.41, 5.74) is 0.670. The number of aryl methyl sites for hydroxylation is 1. The number of hydrogen-bond donors (Lipinski definition) is 0. The third-order valence-corrected chi connectivity index (χ3v) is 4.01. The molecule has 0 aliphatic carbocycles. The topological polar surface area (TPSA) is 68.2 Å². The van der Waals surface area contributed by atoms with E-state index in [1.54, 1.807) is 24.0 Å². The minimum absolute atomic E-state index is 0.0335. The van der Waals surface area contributed by atoms with Crippen LogP contribution in [0.5, 0.6) is 5.88 Å². The molecular formula is C12H11ClN4O2S. The van der Waals surface area contributed by atoms with E-state index < -0.39 is 0 Å². The Morgan fingerprint density at radius 3 is 2.90 bits per heavy atom. The van der Waals surface area contributed by atoms with E-state index in [0.717, 1.165) is 11.5 Å². The van der Waals surface area contributed by atoms with Gasteiger partial charge in [-0.3, -0.25) is 4.79 Å². The van der Waals surface area contributed by atoms with Crippen molar-refractivity contribution >= 4 is 29.0 Å². The van der Waals surface area contributed by atoms with Crippen LogP contribution in [0.3, 0.4) is 0 Å². The Bertz CT molecular complexity index is 625. The Morgan fingerprint density at radius 1 is 1.50 bits per heavy atom. The summed E-state index contributed by atoms with van der Waals surface area (Å²) in [6, 6.07) is 3.43. The molecule has 2 aromatic heterocycles. The first kappa shape index (κ1) is 13.3. The Hall–Kier alpha value is -1.73. The van der Waals surface area contributed by atoms with E-state index in [1.807, 2.05) is 0 Å². The maximum absolute atomic E-state index is 12.1. The number of likely N-dealkylation sites (tertiary alicyclic amines) is 1. The van der Waals surface area contributed by atoms with E-state index in [0.29, 0.717) is 34.6 Å². The average Bonchev–Trinajstić information content (AvgIpc) is 2.81. The maximum Gasteiger partial charge on any atom is 0.267 e. The van der Waals surface area contributed by atoms with Gasteiger partial charge in [0.05, 0.1) is 23.8 Å². The van der Waals surface area contributed by atoms with Crippen molar-refractivity contribution in [2.45, 2.75) is 13.0 Å². The Balaban J connectivity index is 1.55. The zero-order valence-corrected chi connectivity index (χ0v) is 12.2. The Morgan fingerprint density at radius 2 is 2.30 bits per heavy atom. The fraction of sp³-hybridized carbons (Fsp3) is 0.333. The van der Waals surface area contributed by atoms with E-state index in [9.17, 15) is 4.79 Å². The summed E-state index contributed by atoms with van der Waals surface area (Å²) in [6.45, 7) is 2.86. The van der Waals surface area contributed by atoms with Crippen LogP contribution in [0.4, 0.5) is 0 Å². The molecule has 20 heavy (non-hydrogen) atoms. The lowest BCUT2D eigenvalue weighted by molar-refractivity contribution is 0.0163. The van der Waals surface area contributed by atoms with Crippen LogP contribution in [0.25, 0.3) is 0 Å². The number of amides is 1. The van der Waals surface area contributed by atoms with Crippen molar-refractivity contribution in [1.82, 2.24) is 19.5 Å². The second kappa shape index (κ2) is 5.34. The molecule has 0 N–H and O–H groups in total. The summed E-state index contributed by atoms with van der Waals surface area (Å²) in [5, 5.41) is 4.41. The van der Waals surface area contributed by atoms with Crippen molar-refractivity contribution in [1.29, 1.82) is 0 Å². The van der Waals surface area contributed by atoms with Crippen molar-refractivity contribution in [2.75, 3.05) is 13.1 Å². The minimum atomic E-state index is -0.0404. The first-order valence-corrected chi connectivity index (χ1v) is 7.15. The van der Waals surface area contributed by atoms with Gasteiger partial charge in [0, 0.05) is 12.3 Å². The molecule has 0 radical (unpaired) electrons. The third-order valence-electron chi connectivity index (χ3n) is 2.97. The first-order valence-electron chi connectivity index (χ1n) is 6.00. The molecule has 1 aliphatic heterocycles. The summed E-state index contributed by atoms with van der Waals surface area (Å²) in [6.07, 6.45) is 1.50. The third kappa shape index (κ3) is 2.59. The summed E-state index contributed by atoms with van der Waals surface area (Å²) in [7, 11) is 0. The van der Waals surface area contributed by atoms with Crippen molar-refractivity contribution in [2.24, 2.45) is 0 Å². The van der Waals surface area contributed by atoms with Crippen molar-refractivity contribution in [3.05, 3.63) is 33.9 Å². The average molecular weight is 311 g/mol. The van der Waals surface area contributed by atoms with Gasteiger partial charge >= 0.3 is 0 Å². The molecule has 2 aromatic rings. The van der Waals surface area contributed by atoms with Gasteiger partial charge in [-0.25, -0.2) is 4.98 Å². The van der Waals surface area contributed by atoms with Crippen molar-refractivity contribution < 1.29 is 9.53 Å². The molecule has 0 unspecified atom stereocenters. The summed E-state index contributed by atoms with van der Waals surface area (Å²) >= 11 is 6.87. The molecule has 6 nitrogen and oxygen atoms in total. The number of rotatable bonds is 3. The standard InChI is InChI=1S/C12H11ClN4O2S/c1-7-11(20-16-15-7)12(18)17-5-9(6-17)19-10-3-2-8(13)4-14-10/h2-4,9H,5-6H2,1H3. The highest BCUT2D eigenvalue weighted by molar-refractivity contribution is 7.07. The lowest BCUT2D eigenvalue weighted by atomic mass is 10.1. The number of hydrogen-bond acceptors (Lipinski definition) is 6. The van der Waals surface area contributed by atoms with E-state index >= 15 is 0 Å². The quantitative estimate of drug-likeness (QED) is 0.864. The largest absolute Gasteiger partial charge is 0.471 e. The SMILES string of the molecule is Cc1nnsc1C(=O)N1CC(Oc2ccc(Cl)cn2)C1. The lowest BCUT2D eigenvalue weighted by Gasteiger charge is -2.38. The highest BCUT2D eigenvalue weighted by Gasteiger charge is 2.34. The molecule has 8 heteroatoms. The maximum atomic E-state index is 12.1. The van der Waals surface area contributed by atoms with Crippen LogP contribution in [-0.2, 0) is 0 Å². The number of nitrogens with zero attached hydrogens (tertiary/aromatic N) is 4. The monoisotopic (exact) mass is 310 g/mol. The summed E-state index contributed by atoms with van der Waals surface area (Å²) in [5.74, 6) is 0.476. The molecule has 0 saturated carbocycles. The highest BCUT2D eigenvalue weighted by Crippen LogP contribution is 2.21. The number of carbonyl (C=O) groups excluding carboxylic acids is 1. The number of aromatic nitrogens is 3. The molecule has 0 atom stereocenters. The summed E-state index contributed by atoms with van der Waals surface area (Å²) < 4.78 is 9.41. The zero-order valence-electron chi connectivity index (χ0n) is 10.6. The van der Waals surface area contributed by atoms with Gasteiger partial charge in [0.25, 0.3) is 5.91 Å². The van der Waals surface area contributed by atoms with Crippen LogP contribution in [0.2, 0.25) is 5.02 Å². The molecular weight excluding hydrogens is 300 g/mol. The highest BCUT2D eigenvalue weighted by atomic mass is 35.5. The van der Waals surface area contributed by atoms with Crippen molar-refractivity contribution in [3.63, 3.8) is 0 Å². The fourth-order valence-corrected chi connectivity index (χ4v) is 2.59.